The van der Waals surface area contributed by atoms with E-state index >= 15 is 0 Å². The third kappa shape index (κ3) is 2.98. The summed E-state index contributed by atoms with van der Waals surface area (Å²) in [5.74, 6) is 0.423. The van der Waals surface area contributed by atoms with Gasteiger partial charge in [-0.15, -0.1) is 0 Å². The van der Waals surface area contributed by atoms with Gasteiger partial charge >= 0.3 is 0 Å². The Morgan fingerprint density at radius 2 is 1.76 bits per heavy atom. The van der Waals surface area contributed by atoms with Gasteiger partial charge in [0.25, 0.3) is 0 Å². The average Bonchev–Trinajstić information content (AvgIpc) is 3.37. The molecule has 1 saturated carbocycles. The monoisotopic (exact) mass is 364 g/mol. The van der Waals surface area contributed by atoms with Crippen LogP contribution >= 0.6 is 0 Å². The lowest BCUT2D eigenvalue weighted by molar-refractivity contribution is -0.141. The van der Waals surface area contributed by atoms with E-state index in [-0.39, 0.29) is 11.8 Å². The van der Waals surface area contributed by atoms with Gasteiger partial charge in [-0.2, -0.15) is 4.31 Å². The van der Waals surface area contributed by atoms with Crippen molar-refractivity contribution in [2.75, 3.05) is 26.2 Å². The average molecular weight is 364 g/mol. The summed E-state index contributed by atoms with van der Waals surface area (Å²) in [4.78, 5) is 14.4. The van der Waals surface area contributed by atoms with Crippen molar-refractivity contribution >= 4 is 15.9 Å². The van der Waals surface area contributed by atoms with Gasteiger partial charge in [0, 0.05) is 38.4 Å². The Morgan fingerprint density at radius 1 is 1.12 bits per heavy atom. The van der Waals surface area contributed by atoms with Crippen molar-refractivity contribution in [3.8, 4) is 0 Å². The molecule has 6 nitrogen and oxygen atoms in total. The number of aryl methyl sites for hydroxylation is 1. The number of hydrogen-bond donors (Lipinski definition) is 0. The van der Waals surface area contributed by atoms with Crippen molar-refractivity contribution in [3.05, 3.63) is 29.8 Å². The second kappa shape index (κ2) is 6.07. The zero-order valence-electron chi connectivity index (χ0n) is 14.5. The predicted molar refractivity (Wildman–Crippen MR) is 92.3 cm³/mol. The number of piperidine rings is 1. The van der Waals surface area contributed by atoms with Crippen LogP contribution in [0, 0.1) is 12.8 Å². The van der Waals surface area contributed by atoms with Gasteiger partial charge in [-0.05, 0) is 31.9 Å². The zero-order valence-corrected chi connectivity index (χ0v) is 15.3. The molecule has 0 radical (unpaired) electrons. The maximum atomic E-state index is 13.1. The lowest BCUT2D eigenvalue weighted by Crippen LogP contribution is -2.55. The summed E-state index contributed by atoms with van der Waals surface area (Å²) in [6.45, 7) is 3.84. The number of carbonyl (C=O) groups excluding carboxylic acids is 1. The number of sulfonamides is 1. The number of amides is 1. The first-order chi connectivity index (χ1) is 11.9. The lowest BCUT2D eigenvalue weighted by Gasteiger charge is -2.42. The number of nitrogens with zero attached hydrogens (tertiary/aromatic N) is 2. The highest BCUT2D eigenvalue weighted by atomic mass is 32.2. The van der Waals surface area contributed by atoms with Crippen molar-refractivity contribution in [3.63, 3.8) is 0 Å². The minimum absolute atomic E-state index is 0.200. The van der Waals surface area contributed by atoms with Crippen LogP contribution in [-0.2, 0) is 19.6 Å². The molecule has 2 aliphatic heterocycles. The van der Waals surface area contributed by atoms with E-state index in [9.17, 15) is 13.2 Å². The third-order valence-electron chi connectivity index (χ3n) is 5.51. The molecule has 4 rings (SSSR count). The molecule has 2 heterocycles. The maximum Gasteiger partial charge on any atom is 0.245 e. The fourth-order valence-electron chi connectivity index (χ4n) is 3.83. The summed E-state index contributed by atoms with van der Waals surface area (Å²) in [6, 6.07) is 6.94. The van der Waals surface area contributed by atoms with Crippen LogP contribution in [0.1, 0.15) is 31.2 Å². The Morgan fingerprint density at radius 3 is 2.36 bits per heavy atom. The fourth-order valence-corrected chi connectivity index (χ4v) is 5.55. The van der Waals surface area contributed by atoms with Crippen LogP contribution in [0.15, 0.2) is 29.2 Å². The first-order valence-electron chi connectivity index (χ1n) is 8.95. The maximum absolute atomic E-state index is 13.1. The Balaban J connectivity index is 1.54. The highest BCUT2D eigenvalue weighted by molar-refractivity contribution is 7.89. The normalized spacial score (nSPS) is 24.0. The number of ether oxygens (including phenoxy) is 1. The fraction of sp³-hybridized carbons (Fsp3) is 0.611. The topological polar surface area (TPSA) is 66.9 Å². The van der Waals surface area contributed by atoms with Crippen LogP contribution in [0.3, 0.4) is 0 Å². The van der Waals surface area contributed by atoms with Crippen LogP contribution in [0.4, 0.5) is 0 Å². The first kappa shape index (κ1) is 17.0. The quantitative estimate of drug-likeness (QED) is 0.819. The van der Waals surface area contributed by atoms with Gasteiger partial charge in [0.2, 0.25) is 15.9 Å². The molecule has 0 unspecified atom stereocenters. The molecule has 3 aliphatic rings. The molecule has 136 valence electrons. The van der Waals surface area contributed by atoms with E-state index in [1.165, 1.54) is 4.31 Å². The number of benzene rings is 1. The summed E-state index contributed by atoms with van der Waals surface area (Å²) in [5.41, 5.74) is 0.225. The molecule has 1 aromatic rings. The molecule has 1 spiro atoms. The largest absolute Gasteiger partial charge is 0.358 e. The lowest BCUT2D eigenvalue weighted by atomic mass is 10.0. The van der Waals surface area contributed by atoms with E-state index in [2.05, 4.69) is 0 Å². The second-order valence-electron chi connectivity index (χ2n) is 7.28. The number of carbonyl (C=O) groups is 1. The van der Waals surface area contributed by atoms with E-state index in [0.717, 1.165) is 18.4 Å². The van der Waals surface area contributed by atoms with Crippen LogP contribution in [-0.4, -0.2) is 55.5 Å². The zero-order chi connectivity index (χ0) is 17.7. The van der Waals surface area contributed by atoms with Gasteiger partial charge in [-0.3, -0.25) is 4.79 Å². The first-order valence-corrected chi connectivity index (χ1v) is 10.4. The molecule has 1 aliphatic carbocycles. The summed E-state index contributed by atoms with van der Waals surface area (Å²) >= 11 is 0. The van der Waals surface area contributed by atoms with Crippen molar-refractivity contribution in [2.45, 2.75) is 43.2 Å². The van der Waals surface area contributed by atoms with Crippen LogP contribution in [0.2, 0.25) is 0 Å². The van der Waals surface area contributed by atoms with E-state index < -0.39 is 15.7 Å². The van der Waals surface area contributed by atoms with Gasteiger partial charge in [0.1, 0.15) is 5.72 Å². The number of likely N-dealkylation sites (tertiary alicyclic amines) is 1. The van der Waals surface area contributed by atoms with Gasteiger partial charge in [0.15, 0.2) is 0 Å². The van der Waals surface area contributed by atoms with E-state index in [0.29, 0.717) is 44.0 Å². The standard InChI is InChI=1S/C18H24N2O4S/c1-14-2-6-16(7-3-14)25(22,23)20-12-13-24-18(20)8-10-19(11-9-18)17(21)15-4-5-15/h2-3,6-7,15H,4-5,8-13H2,1H3. The summed E-state index contributed by atoms with van der Waals surface area (Å²) in [7, 11) is -3.60. The van der Waals surface area contributed by atoms with Crippen LogP contribution < -0.4 is 0 Å². The SMILES string of the molecule is Cc1ccc(S(=O)(=O)N2CCOC23CCN(C(=O)C2CC2)CC3)cc1. The molecule has 0 atom stereocenters. The third-order valence-corrected chi connectivity index (χ3v) is 7.48. The molecule has 0 aromatic heterocycles. The number of hydrogen-bond acceptors (Lipinski definition) is 4. The summed E-state index contributed by atoms with van der Waals surface area (Å²) in [6.07, 6.45) is 3.06. The van der Waals surface area contributed by atoms with Crippen molar-refractivity contribution in [1.82, 2.24) is 9.21 Å². The highest BCUT2D eigenvalue weighted by Gasteiger charge is 2.51. The van der Waals surface area contributed by atoms with Crippen LogP contribution in [0.5, 0.6) is 0 Å². The van der Waals surface area contributed by atoms with Gasteiger partial charge < -0.3 is 9.64 Å². The molecule has 25 heavy (non-hydrogen) atoms. The van der Waals surface area contributed by atoms with Crippen LogP contribution in [0.25, 0.3) is 0 Å². The summed E-state index contributed by atoms with van der Waals surface area (Å²) in [5, 5.41) is 0. The Labute approximate surface area is 148 Å². The number of rotatable bonds is 3. The molecular weight excluding hydrogens is 340 g/mol. The minimum atomic E-state index is -3.60. The van der Waals surface area contributed by atoms with Gasteiger partial charge in [-0.1, -0.05) is 17.7 Å². The predicted octanol–water partition coefficient (Wildman–Crippen LogP) is 1.74. The highest BCUT2D eigenvalue weighted by Crippen LogP contribution is 2.40. The molecule has 1 aromatic carbocycles. The molecule has 7 heteroatoms. The van der Waals surface area contributed by atoms with E-state index in [1.807, 2.05) is 24.0 Å². The van der Waals surface area contributed by atoms with Crippen molar-refractivity contribution in [2.24, 2.45) is 5.92 Å². The van der Waals surface area contributed by atoms with Gasteiger partial charge in [-0.25, -0.2) is 8.42 Å². The second-order valence-corrected chi connectivity index (χ2v) is 9.15. The van der Waals surface area contributed by atoms with E-state index in [4.69, 9.17) is 4.74 Å². The van der Waals surface area contributed by atoms with Gasteiger partial charge in [0.05, 0.1) is 11.5 Å². The molecule has 3 fully saturated rings. The molecule has 1 amide bonds. The Hall–Kier alpha value is -1.44. The van der Waals surface area contributed by atoms with Crippen molar-refractivity contribution < 1.29 is 17.9 Å². The smallest absolute Gasteiger partial charge is 0.245 e. The molecular formula is C18H24N2O4S. The van der Waals surface area contributed by atoms with Crippen molar-refractivity contribution in [1.29, 1.82) is 0 Å². The molecule has 0 N–H and O–H groups in total. The van der Waals surface area contributed by atoms with E-state index in [1.54, 1.807) is 12.1 Å². The molecule has 2 saturated heterocycles. The Bertz CT molecular complexity index is 763. The minimum Gasteiger partial charge on any atom is -0.358 e. The molecule has 0 bridgehead atoms. The summed E-state index contributed by atoms with van der Waals surface area (Å²) < 4.78 is 33.7. The Kier molecular flexibility index (Phi) is 4.13.